The average molecular weight is 222 g/mol. The van der Waals surface area contributed by atoms with E-state index in [9.17, 15) is 5.11 Å². The highest BCUT2D eigenvalue weighted by atomic mass is 16.5. The van der Waals surface area contributed by atoms with Gasteiger partial charge in [0, 0.05) is 6.07 Å². The van der Waals surface area contributed by atoms with Crippen LogP contribution in [0, 0.1) is 5.92 Å². The van der Waals surface area contributed by atoms with Crippen LogP contribution in [0.2, 0.25) is 0 Å². The highest BCUT2D eigenvalue weighted by Gasteiger charge is 2.27. The van der Waals surface area contributed by atoms with E-state index in [2.05, 4.69) is 0 Å². The van der Waals surface area contributed by atoms with Crippen LogP contribution in [-0.2, 0) is 0 Å². The van der Waals surface area contributed by atoms with Crippen LogP contribution in [0.25, 0.3) is 0 Å². The minimum atomic E-state index is -0.391. The molecule has 2 rings (SSSR count). The van der Waals surface area contributed by atoms with E-state index in [4.69, 9.17) is 9.47 Å². The fraction of sp³-hybridized carbons (Fsp3) is 0.538. The summed E-state index contributed by atoms with van der Waals surface area (Å²) in [5, 5.41) is 10.2. The molecule has 1 aliphatic carbocycles. The predicted octanol–water partition coefficient (Wildman–Crippen LogP) is 2.54. The van der Waals surface area contributed by atoms with Gasteiger partial charge in [0.2, 0.25) is 0 Å². The standard InChI is InChI=1S/C13H18O3/c1-15-11-6-10(7-12(8-11)16-2)13(14)9-4-3-5-9/h6-9,13-14H,3-5H2,1-2H3. The third kappa shape index (κ3) is 2.14. The molecule has 0 aliphatic heterocycles. The number of benzene rings is 1. The van der Waals surface area contributed by atoms with Gasteiger partial charge < -0.3 is 14.6 Å². The lowest BCUT2D eigenvalue weighted by molar-refractivity contribution is 0.0617. The fourth-order valence-electron chi connectivity index (χ4n) is 2.03. The van der Waals surface area contributed by atoms with Crippen LogP contribution >= 0.6 is 0 Å². The van der Waals surface area contributed by atoms with Crippen LogP contribution in [0.15, 0.2) is 18.2 Å². The largest absolute Gasteiger partial charge is 0.497 e. The Morgan fingerprint density at radius 3 is 2.06 bits per heavy atom. The Bertz CT molecular complexity index is 336. The zero-order chi connectivity index (χ0) is 11.5. The van der Waals surface area contributed by atoms with Crippen LogP contribution in [0.5, 0.6) is 11.5 Å². The molecule has 88 valence electrons. The van der Waals surface area contributed by atoms with Gasteiger partial charge in [-0.05, 0) is 36.5 Å². The van der Waals surface area contributed by atoms with Crippen molar-refractivity contribution in [2.75, 3.05) is 14.2 Å². The molecule has 1 unspecified atom stereocenters. The minimum Gasteiger partial charge on any atom is -0.497 e. The van der Waals surface area contributed by atoms with Gasteiger partial charge in [-0.15, -0.1) is 0 Å². The first-order valence-electron chi connectivity index (χ1n) is 5.65. The monoisotopic (exact) mass is 222 g/mol. The molecular weight excluding hydrogens is 204 g/mol. The van der Waals surface area contributed by atoms with Gasteiger partial charge in [0.15, 0.2) is 0 Å². The molecule has 0 bridgehead atoms. The van der Waals surface area contributed by atoms with Gasteiger partial charge in [-0.25, -0.2) is 0 Å². The summed E-state index contributed by atoms with van der Waals surface area (Å²) in [7, 11) is 3.24. The molecule has 1 saturated carbocycles. The molecule has 1 aromatic carbocycles. The lowest BCUT2D eigenvalue weighted by Gasteiger charge is -2.30. The third-order valence-electron chi connectivity index (χ3n) is 3.31. The first-order valence-corrected chi connectivity index (χ1v) is 5.65. The Morgan fingerprint density at radius 2 is 1.69 bits per heavy atom. The quantitative estimate of drug-likeness (QED) is 0.850. The van der Waals surface area contributed by atoms with Crippen molar-refractivity contribution in [2.45, 2.75) is 25.4 Å². The maximum atomic E-state index is 10.2. The average Bonchev–Trinajstić information content (AvgIpc) is 2.26. The first-order chi connectivity index (χ1) is 7.74. The van der Waals surface area contributed by atoms with Crippen LogP contribution in [0.1, 0.15) is 30.9 Å². The second kappa shape index (κ2) is 4.74. The Kier molecular flexibility index (Phi) is 3.34. The van der Waals surface area contributed by atoms with Gasteiger partial charge >= 0.3 is 0 Å². The molecule has 0 amide bonds. The molecule has 0 saturated heterocycles. The summed E-state index contributed by atoms with van der Waals surface area (Å²) in [6.45, 7) is 0. The van der Waals surface area contributed by atoms with Gasteiger partial charge in [-0.2, -0.15) is 0 Å². The topological polar surface area (TPSA) is 38.7 Å². The molecule has 1 atom stereocenters. The molecule has 0 heterocycles. The van der Waals surface area contributed by atoms with E-state index in [1.807, 2.05) is 18.2 Å². The van der Waals surface area contributed by atoms with Gasteiger partial charge in [-0.3, -0.25) is 0 Å². The third-order valence-corrected chi connectivity index (χ3v) is 3.31. The molecule has 1 N–H and O–H groups in total. The number of ether oxygens (including phenoxy) is 2. The van der Waals surface area contributed by atoms with E-state index in [1.54, 1.807) is 14.2 Å². The summed E-state index contributed by atoms with van der Waals surface area (Å²) in [4.78, 5) is 0. The highest BCUT2D eigenvalue weighted by Crippen LogP contribution is 2.39. The Morgan fingerprint density at radius 1 is 1.12 bits per heavy atom. The molecule has 16 heavy (non-hydrogen) atoms. The Hall–Kier alpha value is -1.22. The van der Waals surface area contributed by atoms with Crippen molar-refractivity contribution in [3.05, 3.63) is 23.8 Å². The van der Waals surface area contributed by atoms with Crippen LogP contribution in [-0.4, -0.2) is 19.3 Å². The summed E-state index contributed by atoms with van der Waals surface area (Å²) >= 11 is 0. The molecule has 3 heteroatoms. The Labute approximate surface area is 96.0 Å². The Balaban J connectivity index is 2.24. The van der Waals surface area contributed by atoms with Crippen molar-refractivity contribution < 1.29 is 14.6 Å². The second-order valence-electron chi connectivity index (χ2n) is 4.28. The molecule has 0 radical (unpaired) electrons. The summed E-state index contributed by atoms with van der Waals surface area (Å²) in [6, 6.07) is 5.58. The van der Waals surface area contributed by atoms with Crippen LogP contribution in [0.4, 0.5) is 0 Å². The summed E-state index contributed by atoms with van der Waals surface area (Å²) in [6.07, 6.45) is 3.06. The van der Waals surface area contributed by atoms with Crippen LogP contribution < -0.4 is 9.47 Å². The number of hydrogen-bond donors (Lipinski definition) is 1. The maximum absolute atomic E-state index is 10.2. The lowest BCUT2D eigenvalue weighted by atomic mass is 9.79. The van der Waals surface area contributed by atoms with Gasteiger partial charge in [0.25, 0.3) is 0 Å². The van der Waals surface area contributed by atoms with E-state index in [-0.39, 0.29) is 0 Å². The smallest absolute Gasteiger partial charge is 0.122 e. The van der Waals surface area contributed by atoms with E-state index < -0.39 is 6.10 Å². The van der Waals surface area contributed by atoms with Crippen molar-refractivity contribution in [1.29, 1.82) is 0 Å². The first kappa shape index (κ1) is 11.3. The SMILES string of the molecule is COc1cc(OC)cc(C(O)C2CCC2)c1. The number of rotatable bonds is 4. The summed E-state index contributed by atoms with van der Waals surface area (Å²) in [5.41, 5.74) is 0.890. The van der Waals surface area contributed by atoms with E-state index in [1.165, 1.54) is 6.42 Å². The summed E-state index contributed by atoms with van der Waals surface area (Å²) < 4.78 is 10.4. The normalized spacial score (nSPS) is 17.7. The van der Waals surface area contributed by atoms with E-state index in [0.717, 1.165) is 29.9 Å². The number of methoxy groups -OCH3 is 2. The summed E-state index contributed by atoms with van der Waals surface area (Å²) in [5.74, 6) is 1.86. The predicted molar refractivity (Wildman–Crippen MR) is 61.8 cm³/mol. The highest BCUT2D eigenvalue weighted by molar-refractivity contribution is 5.39. The molecule has 1 aromatic rings. The van der Waals surface area contributed by atoms with Crippen molar-refractivity contribution in [3.8, 4) is 11.5 Å². The van der Waals surface area contributed by atoms with Gasteiger partial charge in [0.1, 0.15) is 11.5 Å². The van der Waals surface area contributed by atoms with E-state index >= 15 is 0 Å². The lowest BCUT2D eigenvalue weighted by Crippen LogP contribution is -2.20. The van der Waals surface area contributed by atoms with E-state index in [0.29, 0.717) is 5.92 Å². The molecule has 0 spiro atoms. The fourth-order valence-corrected chi connectivity index (χ4v) is 2.03. The number of aliphatic hydroxyl groups excluding tert-OH is 1. The van der Waals surface area contributed by atoms with Crippen molar-refractivity contribution in [3.63, 3.8) is 0 Å². The van der Waals surface area contributed by atoms with Crippen LogP contribution in [0.3, 0.4) is 0 Å². The molecule has 0 aromatic heterocycles. The number of hydrogen-bond acceptors (Lipinski definition) is 3. The van der Waals surface area contributed by atoms with Crippen molar-refractivity contribution in [1.82, 2.24) is 0 Å². The molecule has 3 nitrogen and oxygen atoms in total. The molecular formula is C13H18O3. The minimum absolute atomic E-state index is 0.391. The molecule has 1 aliphatic rings. The van der Waals surface area contributed by atoms with Crippen molar-refractivity contribution >= 4 is 0 Å². The zero-order valence-electron chi connectivity index (χ0n) is 9.77. The maximum Gasteiger partial charge on any atom is 0.122 e. The number of aliphatic hydroxyl groups is 1. The zero-order valence-corrected chi connectivity index (χ0v) is 9.77. The van der Waals surface area contributed by atoms with Gasteiger partial charge in [-0.1, -0.05) is 6.42 Å². The second-order valence-corrected chi connectivity index (χ2v) is 4.28. The molecule has 1 fully saturated rings. The van der Waals surface area contributed by atoms with Crippen molar-refractivity contribution in [2.24, 2.45) is 5.92 Å². The van der Waals surface area contributed by atoms with Gasteiger partial charge in [0.05, 0.1) is 20.3 Å².